The van der Waals surface area contributed by atoms with Gasteiger partial charge in [0.05, 0.1) is 11.6 Å². The molecule has 2 aliphatic heterocycles. The van der Waals surface area contributed by atoms with Gasteiger partial charge in [-0.3, -0.25) is 9.79 Å². The van der Waals surface area contributed by atoms with Gasteiger partial charge in [-0.1, -0.05) is 56.1 Å². The first kappa shape index (κ1) is 30.5. The lowest BCUT2D eigenvalue weighted by atomic mass is 9.84. The third-order valence-electron chi connectivity index (χ3n) is 7.64. The summed E-state index contributed by atoms with van der Waals surface area (Å²) >= 11 is 12.7. The molecule has 1 amide bonds. The summed E-state index contributed by atoms with van der Waals surface area (Å²) in [6.07, 6.45) is 2.89. The monoisotopic (exact) mass is 586 g/mol. The SMILES string of the molecule is CC(C)(C)CCC(c1ccc(C(=O)O)cc1)N1C(=O)C(c2cc(Cl)cc(Cl)c2)=NC12CCN(CC(C)(C)N)CC2. The van der Waals surface area contributed by atoms with Crippen molar-refractivity contribution in [1.29, 1.82) is 0 Å². The first-order valence-corrected chi connectivity index (χ1v) is 14.6. The largest absolute Gasteiger partial charge is 0.478 e. The van der Waals surface area contributed by atoms with Crippen LogP contribution in [0.3, 0.4) is 0 Å². The average molecular weight is 588 g/mol. The van der Waals surface area contributed by atoms with Gasteiger partial charge in [0.1, 0.15) is 11.4 Å². The minimum Gasteiger partial charge on any atom is -0.478 e. The van der Waals surface area contributed by atoms with Crippen LogP contribution in [-0.2, 0) is 4.79 Å². The first-order valence-electron chi connectivity index (χ1n) is 13.8. The summed E-state index contributed by atoms with van der Waals surface area (Å²) in [7, 11) is 0. The molecule has 9 heteroatoms. The molecule has 1 saturated heterocycles. The summed E-state index contributed by atoms with van der Waals surface area (Å²) in [5, 5.41) is 10.4. The van der Waals surface area contributed by atoms with Gasteiger partial charge in [-0.15, -0.1) is 0 Å². The Bertz CT molecular complexity index is 1270. The van der Waals surface area contributed by atoms with Crippen LogP contribution in [0.5, 0.6) is 0 Å². The van der Waals surface area contributed by atoms with Crippen LogP contribution >= 0.6 is 23.2 Å². The number of benzene rings is 2. The predicted molar refractivity (Wildman–Crippen MR) is 161 cm³/mol. The Morgan fingerprint density at radius 1 is 1.05 bits per heavy atom. The Labute approximate surface area is 247 Å². The minimum absolute atomic E-state index is 0.0371. The molecule has 2 aromatic rings. The molecular weight excluding hydrogens is 547 g/mol. The van der Waals surface area contributed by atoms with Gasteiger partial charge in [0.25, 0.3) is 5.91 Å². The van der Waals surface area contributed by atoms with E-state index in [2.05, 4.69) is 25.7 Å². The number of halogens is 2. The molecule has 0 aromatic heterocycles. The number of nitrogens with zero attached hydrogens (tertiary/aromatic N) is 3. The molecule has 1 unspecified atom stereocenters. The molecule has 2 aromatic carbocycles. The molecule has 216 valence electrons. The standard InChI is InChI=1S/C31H40Cl2N4O3/c1-29(2,3)11-10-25(20-6-8-21(9-7-20)28(39)40)37-27(38)26(22-16-23(32)18-24(33)17-22)35-31(37)12-14-36(15-13-31)19-30(4,5)34/h6-9,16-18,25H,10-15,19,34H2,1-5H3,(H,39,40). The van der Waals surface area contributed by atoms with E-state index in [1.54, 1.807) is 30.3 Å². The van der Waals surface area contributed by atoms with Crippen molar-refractivity contribution >= 4 is 40.8 Å². The van der Waals surface area contributed by atoms with E-state index in [1.807, 2.05) is 30.9 Å². The number of hydrogen-bond donors (Lipinski definition) is 2. The fraction of sp³-hybridized carbons (Fsp3) is 0.516. The molecule has 0 aliphatic carbocycles. The quantitative estimate of drug-likeness (QED) is 0.372. The number of carbonyl (C=O) groups excluding carboxylic acids is 1. The number of nitrogens with two attached hydrogens (primary N) is 1. The van der Waals surface area contributed by atoms with Gasteiger partial charge in [0.15, 0.2) is 0 Å². The highest BCUT2D eigenvalue weighted by Gasteiger charge is 2.52. The van der Waals surface area contributed by atoms with Crippen molar-refractivity contribution in [1.82, 2.24) is 9.80 Å². The molecule has 1 spiro atoms. The molecular formula is C31H40Cl2N4O3. The fourth-order valence-corrected chi connectivity index (χ4v) is 6.31. The summed E-state index contributed by atoms with van der Waals surface area (Å²) in [6.45, 7) is 12.8. The van der Waals surface area contributed by atoms with Crippen molar-refractivity contribution in [3.8, 4) is 0 Å². The van der Waals surface area contributed by atoms with Crippen LogP contribution in [0.1, 0.15) is 87.8 Å². The topological polar surface area (TPSA) is 99.2 Å². The Hall–Kier alpha value is -2.45. The van der Waals surface area contributed by atoms with E-state index in [-0.39, 0.29) is 28.5 Å². The number of aliphatic imine (C=N–C) groups is 1. The van der Waals surface area contributed by atoms with Crippen molar-refractivity contribution in [3.63, 3.8) is 0 Å². The first-order chi connectivity index (χ1) is 18.6. The number of carboxylic acids is 1. The second-order valence-electron chi connectivity index (χ2n) is 13.1. The Morgan fingerprint density at radius 3 is 2.12 bits per heavy atom. The van der Waals surface area contributed by atoms with E-state index >= 15 is 0 Å². The molecule has 1 fully saturated rings. The number of rotatable bonds is 8. The fourth-order valence-electron chi connectivity index (χ4n) is 5.78. The third-order valence-corrected chi connectivity index (χ3v) is 8.07. The van der Waals surface area contributed by atoms with Gasteiger partial charge in [-0.2, -0.15) is 0 Å². The van der Waals surface area contributed by atoms with Crippen molar-refractivity contribution in [3.05, 3.63) is 69.2 Å². The molecule has 40 heavy (non-hydrogen) atoms. The molecule has 1 atom stereocenters. The van der Waals surface area contributed by atoms with E-state index in [4.69, 9.17) is 33.9 Å². The van der Waals surface area contributed by atoms with Crippen LogP contribution < -0.4 is 5.73 Å². The van der Waals surface area contributed by atoms with Gasteiger partial charge >= 0.3 is 5.97 Å². The molecule has 0 bridgehead atoms. The lowest BCUT2D eigenvalue weighted by molar-refractivity contribution is -0.134. The van der Waals surface area contributed by atoms with E-state index in [9.17, 15) is 14.7 Å². The van der Waals surface area contributed by atoms with Crippen molar-refractivity contribution in [2.24, 2.45) is 16.1 Å². The van der Waals surface area contributed by atoms with E-state index in [1.165, 1.54) is 0 Å². The predicted octanol–water partition coefficient (Wildman–Crippen LogP) is 6.42. The molecule has 3 N–H and O–H groups in total. The number of hydrogen-bond acceptors (Lipinski definition) is 5. The summed E-state index contributed by atoms with van der Waals surface area (Å²) in [6, 6.07) is 11.7. The number of likely N-dealkylation sites (tertiary alicyclic amines) is 1. The van der Waals surface area contributed by atoms with E-state index in [0.717, 1.165) is 31.6 Å². The molecule has 7 nitrogen and oxygen atoms in total. The molecule has 4 rings (SSSR count). The van der Waals surface area contributed by atoms with Crippen LogP contribution in [0.15, 0.2) is 47.5 Å². The zero-order chi connectivity index (χ0) is 29.5. The zero-order valence-corrected chi connectivity index (χ0v) is 25.5. The Balaban J connectivity index is 1.79. The highest BCUT2D eigenvalue weighted by molar-refractivity contribution is 6.47. The molecule has 2 aliphatic rings. The van der Waals surface area contributed by atoms with Gasteiger partial charge in [-0.05, 0) is 68.0 Å². The number of aromatic carboxylic acids is 1. The van der Waals surface area contributed by atoms with Gasteiger partial charge in [0.2, 0.25) is 0 Å². The lowest BCUT2D eigenvalue weighted by Crippen LogP contribution is -2.57. The van der Waals surface area contributed by atoms with E-state index < -0.39 is 11.6 Å². The maximum atomic E-state index is 14.4. The van der Waals surface area contributed by atoms with Gasteiger partial charge < -0.3 is 20.6 Å². The summed E-state index contributed by atoms with van der Waals surface area (Å²) in [4.78, 5) is 35.4. The number of carboxylic acid groups (broad SMARTS) is 1. The second-order valence-corrected chi connectivity index (χ2v) is 14.0. The highest BCUT2D eigenvalue weighted by atomic mass is 35.5. The minimum atomic E-state index is -0.981. The van der Waals surface area contributed by atoms with Gasteiger partial charge in [-0.25, -0.2) is 4.79 Å². The molecule has 2 heterocycles. The Kier molecular flexibility index (Phi) is 8.72. The van der Waals surface area contributed by atoms with Crippen LogP contribution in [0.25, 0.3) is 0 Å². The Morgan fingerprint density at radius 2 is 1.62 bits per heavy atom. The summed E-state index contributed by atoms with van der Waals surface area (Å²) < 4.78 is 0. The molecule has 0 radical (unpaired) electrons. The zero-order valence-electron chi connectivity index (χ0n) is 24.0. The van der Waals surface area contributed by atoms with Crippen molar-refractivity contribution in [2.45, 2.75) is 77.5 Å². The van der Waals surface area contributed by atoms with Crippen LogP contribution in [0, 0.1) is 5.41 Å². The summed E-state index contributed by atoms with van der Waals surface area (Å²) in [5.74, 6) is -1.14. The van der Waals surface area contributed by atoms with Crippen LogP contribution in [0.2, 0.25) is 10.0 Å². The van der Waals surface area contributed by atoms with Crippen LogP contribution in [-0.4, -0.2) is 63.3 Å². The number of piperidine rings is 1. The van der Waals surface area contributed by atoms with Crippen molar-refractivity contribution < 1.29 is 14.7 Å². The average Bonchev–Trinajstić information content (AvgIpc) is 3.11. The van der Waals surface area contributed by atoms with E-state index in [0.29, 0.717) is 40.6 Å². The van der Waals surface area contributed by atoms with Crippen molar-refractivity contribution in [2.75, 3.05) is 19.6 Å². The number of amides is 1. The maximum Gasteiger partial charge on any atom is 0.335 e. The molecule has 0 saturated carbocycles. The summed E-state index contributed by atoms with van der Waals surface area (Å²) in [5.41, 5.74) is 7.36. The highest BCUT2D eigenvalue weighted by Crippen LogP contribution is 2.45. The smallest absolute Gasteiger partial charge is 0.335 e. The third kappa shape index (κ3) is 7.06. The number of carbonyl (C=O) groups is 2. The van der Waals surface area contributed by atoms with Gasteiger partial charge in [0, 0.05) is 53.6 Å². The maximum absolute atomic E-state index is 14.4. The second kappa shape index (κ2) is 11.4. The lowest BCUT2D eigenvalue weighted by Gasteiger charge is -2.47. The normalized spacial score (nSPS) is 18.8. The van der Waals surface area contributed by atoms with Crippen LogP contribution in [0.4, 0.5) is 0 Å².